The molecule has 0 aliphatic rings. The number of aryl methyl sites for hydroxylation is 1. The van der Waals surface area contributed by atoms with Gasteiger partial charge < -0.3 is 20.5 Å². The highest BCUT2D eigenvalue weighted by atomic mass is 16.5. The first-order valence-electron chi connectivity index (χ1n) is 7.49. The average Bonchev–Trinajstić information content (AvgIpc) is 2.58. The van der Waals surface area contributed by atoms with Crippen LogP contribution in [-0.4, -0.2) is 30.4 Å². The molecular formula is C18H19N3O3. The summed E-state index contributed by atoms with van der Waals surface area (Å²) < 4.78 is 5.47. The number of urea groups is 1. The zero-order chi connectivity index (χ0) is 17.4. The van der Waals surface area contributed by atoms with Crippen molar-refractivity contribution in [2.45, 2.75) is 13.0 Å². The third-order valence-corrected chi connectivity index (χ3v) is 3.18. The highest BCUT2D eigenvalue weighted by molar-refractivity contribution is 5.89. The van der Waals surface area contributed by atoms with Crippen LogP contribution in [0.2, 0.25) is 0 Å². The molecule has 0 aliphatic carbocycles. The van der Waals surface area contributed by atoms with Gasteiger partial charge in [0.1, 0.15) is 18.5 Å². The van der Waals surface area contributed by atoms with Crippen molar-refractivity contribution in [2.24, 2.45) is 0 Å². The van der Waals surface area contributed by atoms with Crippen LogP contribution in [0.3, 0.4) is 0 Å². The van der Waals surface area contributed by atoms with Gasteiger partial charge in [0.05, 0.1) is 11.6 Å². The normalized spacial score (nSPS) is 11.2. The molecule has 0 heterocycles. The van der Waals surface area contributed by atoms with Crippen LogP contribution < -0.4 is 15.4 Å². The van der Waals surface area contributed by atoms with Gasteiger partial charge in [-0.1, -0.05) is 18.2 Å². The molecule has 2 rings (SSSR count). The summed E-state index contributed by atoms with van der Waals surface area (Å²) in [4.78, 5) is 11.8. The summed E-state index contributed by atoms with van der Waals surface area (Å²) in [5.74, 6) is 0.673. The lowest BCUT2D eigenvalue weighted by Gasteiger charge is -2.14. The van der Waals surface area contributed by atoms with Gasteiger partial charge in [0, 0.05) is 12.2 Å². The maximum atomic E-state index is 11.8. The second-order valence-corrected chi connectivity index (χ2v) is 5.31. The van der Waals surface area contributed by atoms with E-state index in [0.29, 0.717) is 17.0 Å². The number of rotatable bonds is 6. The monoisotopic (exact) mass is 325 g/mol. The lowest BCUT2D eigenvalue weighted by molar-refractivity contribution is 0.108. The van der Waals surface area contributed by atoms with Crippen molar-refractivity contribution in [1.82, 2.24) is 5.32 Å². The Labute approximate surface area is 140 Å². The molecule has 2 aromatic carbocycles. The molecular weight excluding hydrogens is 306 g/mol. The maximum absolute atomic E-state index is 11.8. The minimum atomic E-state index is -0.832. The molecule has 0 saturated carbocycles. The summed E-state index contributed by atoms with van der Waals surface area (Å²) in [6, 6.07) is 15.6. The van der Waals surface area contributed by atoms with E-state index >= 15 is 0 Å². The first kappa shape index (κ1) is 17.3. The van der Waals surface area contributed by atoms with Gasteiger partial charge in [-0.3, -0.25) is 0 Å². The van der Waals surface area contributed by atoms with E-state index in [1.165, 1.54) is 0 Å². The second-order valence-electron chi connectivity index (χ2n) is 5.31. The summed E-state index contributed by atoms with van der Waals surface area (Å²) in [6.45, 7) is 2.08. The maximum Gasteiger partial charge on any atom is 0.319 e. The van der Waals surface area contributed by atoms with Gasteiger partial charge in [-0.15, -0.1) is 0 Å². The van der Waals surface area contributed by atoms with Gasteiger partial charge >= 0.3 is 6.03 Å². The average molecular weight is 325 g/mol. The largest absolute Gasteiger partial charge is 0.491 e. The third-order valence-electron chi connectivity index (χ3n) is 3.18. The Morgan fingerprint density at radius 2 is 2.08 bits per heavy atom. The Hall–Kier alpha value is -3.04. The third kappa shape index (κ3) is 5.63. The van der Waals surface area contributed by atoms with Gasteiger partial charge in [0.25, 0.3) is 0 Å². The number of ether oxygens (including phenoxy) is 1. The number of hydrogen-bond donors (Lipinski definition) is 3. The number of carbonyl (C=O) groups is 1. The van der Waals surface area contributed by atoms with Crippen molar-refractivity contribution in [2.75, 3.05) is 18.5 Å². The number of carbonyl (C=O) groups excluding carboxylic acids is 1. The van der Waals surface area contributed by atoms with E-state index in [0.717, 1.165) is 5.56 Å². The van der Waals surface area contributed by atoms with Crippen LogP contribution in [0.5, 0.6) is 5.75 Å². The molecule has 2 aromatic rings. The smallest absolute Gasteiger partial charge is 0.319 e. The molecule has 0 aromatic heterocycles. The van der Waals surface area contributed by atoms with Crippen LogP contribution in [0.25, 0.3) is 0 Å². The quantitative estimate of drug-likeness (QED) is 0.760. The van der Waals surface area contributed by atoms with E-state index in [9.17, 15) is 9.90 Å². The summed E-state index contributed by atoms with van der Waals surface area (Å²) in [5.41, 5.74) is 2.04. The zero-order valence-corrected chi connectivity index (χ0v) is 13.3. The number of anilines is 1. The number of aliphatic hydroxyl groups is 1. The Kier molecular flexibility index (Phi) is 6.17. The molecule has 24 heavy (non-hydrogen) atoms. The number of benzene rings is 2. The van der Waals surface area contributed by atoms with Crippen molar-refractivity contribution in [3.63, 3.8) is 0 Å². The SMILES string of the molecule is Cc1cccc(OC[C@@H](O)CNC(=O)Nc2cccc(C#N)c2)c1. The van der Waals surface area contributed by atoms with E-state index in [4.69, 9.17) is 10.00 Å². The van der Waals surface area contributed by atoms with Crippen LogP contribution >= 0.6 is 0 Å². The Morgan fingerprint density at radius 3 is 2.83 bits per heavy atom. The van der Waals surface area contributed by atoms with Crippen LogP contribution in [-0.2, 0) is 0 Å². The number of nitrogens with zero attached hydrogens (tertiary/aromatic N) is 1. The van der Waals surface area contributed by atoms with E-state index in [1.807, 2.05) is 37.3 Å². The fraction of sp³-hybridized carbons (Fsp3) is 0.222. The number of amides is 2. The molecule has 0 spiro atoms. The van der Waals surface area contributed by atoms with Crippen LogP contribution in [0.1, 0.15) is 11.1 Å². The van der Waals surface area contributed by atoms with Gasteiger partial charge in [0.2, 0.25) is 0 Å². The van der Waals surface area contributed by atoms with Gasteiger partial charge in [-0.2, -0.15) is 5.26 Å². The molecule has 0 bridgehead atoms. The summed E-state index contributed by atoms with van der Waals surface area (Å²) >= 11 is 0. The van der Waals surface area contributed by atoms with Crippen molar-refractivity contribution in [3.8, 4) is 11.8 Å². The zero-order valence-electron chi connectivity index (χ0n) is 13.3. The molecule has 0 radical (unpaired) electrons. The molecule has 2 amide bonds. The highest BCUT2D eigenvalue weighted by Crippen LogP contribution is 2.12. The Morgan fingerprint density at radius 1 is 1.29 bits per heavy atom. The van der Waals surface area contributed by atoms with E-state index in [2.05, 4.69) is 10.6 Å². The van der Waals surface area contributed by atoms with Crippen molar-refractivity contribution in [1.29, 1.82) is 5.26 Å². The topological polar surface area (TPSA) is 94.4 Å². The predicted octanol–water partition coefficient (Wildman–Crippen LogP) is 2.43. The lowest BCUT2D eigenvalue weighted by atomic mass is 10.2. The van der Waals surface area contributed by atoms with Gasteiger partial charge in [-0.25, -0.2) is 4.79 Å². The number of aliphatic hydroxyl groups excluding tert-OH is 1. The second kappa shape index (κ2) is 8.56. The van der Waals surface area contributed by atoms with E-state index in [-0.39, 0.29) is 13.2 Å². The predicted molar refractivity (Wildman–Crippen MR) is 90.9 cm³/mol. The van der Waals surface area contributed by atoms with Crippen LogP contribution in [0.15, 0.2) is 48.5 Å². The lowest BCUT2D eigenvalue weighted by Crippen LogP contribution is -2.37. The molecule has 0 unspecified atom stereocenters. The molecule has 3 N–H and O–H groups in total. The summed E-state index contributed by atoms with van der Waals surface area (Å²) in [5, 5.41) is 23.8. The molecule has 124 valence electrons. The first-order valence-corrected chi connectivity index (χ1v) is 7.49. The number of nitrogens with one attached hydrogen (secondary N) is 2. The van der Waals surface area contributed by atoms with Gasteiger partial charge in [-0.05, 0) is 42.8 Å². The molecule has 6 heteroatoms. The van der Waals surface area contributed by atoms with Crippen molar-refractivity contribution >= 4 is 11.7 Å². The Balaban J connectivity index is 1.73. The molecule has 0 fully saturated rings. The van der Waals surface area contributed by atoms with E-state index in [1.54, 1.807) is 24.3 Å². The Bertz CT molecular complexity index is 740. The minimum Gasteiger partial charge on any atom is -0.491 e. The van der Waals surface area contributed by atoms with Crippen molar-refractivity contribution < 1.29 is 14.6 Å². The summed E-state index contributed by atoms with van der Waals surface area (Å²) in [7, 11) is 0. The van der Waals surface area contributed by atoms with E-state index < -0.39 is 12.1 Å². The molecule has 1 atom stereocenters. The number of hydrogen-bond acceptors (Lipinski definition) is 4. The van der Waals surface area contributed by atoms with Gasteiger partial charge in [0.15, 0.2) is 0 Å². The first-order chi connectivity index (χ1) is 11.6. The highest BCUT2D eigenvalue weighted by Gasteiger charge is 2.08. The van der Waals surface area contributed by atoms with Crippen molar-refractivity contribution in [3.05, 3.63) is 59.7 Å². The van der Waals surface area contributed by atoms with Crippen LogP contribution in [0, 0.1) is 18.3 Å². The number of nitriles is 1. The fourth-order valence-corrected chi connectivity index (χ4v) is 2.01. The standard InChI is InChI=1S/C18H19N3O3/c1-13-4-2-7-17(8-13)24-12-16(22)11-20-18(23)21-15-6-3-5-14(9-15)10-19/h2-9,16,22H,11-12H2,1H3,(H2,20,21,23)/t16-/m0/s1. The fourth-order valence-electron chi connectivity index (χ4n) is 2.01. The van der Waals surface area contributed by atoms with Crippen LogP contribution in [0.4, 0.5) is 10.5 Å². The minimum absolute atomic E-state index is 0.0512. The molecule has 0 aliphatic heterocycles. The molecule has 0 saturated heterocycles. The summed E-state index contributed by atoms with van der Waals surface area (Å²) in [6.07, 6.45) is -0.832. The molecule has 6 nitrogen and oxygen atoms in total.